The zero-order chi connectivity index (χ0) is 14.1. The van der Waals surface area contributed by atoms with E-state index in [2.05, 4.69) is 19.4 Å². The van der Waals surface area contributed by atoms with Crippen LogP contribution in [0.3, 0.4) is 0 Å². The van der Waals surface area contributed by atoms with Gasteiger partial charge in [-0.05, 0) is 12.1 Å². The summed E-state index contributed by atoms with van der Waals surface area (Å²) >= 11 is 0. The van der Waals surface area contributed by atoms with Gasteiger partial charge in [0.05, 0.1) is 20.7 Å². The van der Waals surface area contributed by atoms with Crippen LogP contribution in [0, 0.1) is 0 Å². The molecule has 0 bridgehead atoms. The maximum atomic E-state index is 11.0. The van der Waals surface area contributed by atoms with E-state index in [4.69, 9.17) is 4.74 Å². The third kappa shape index (κ3) is 4.02. The summed E-state index contributed by atoms with van der Waals surface area (Å²) in [6, 6.07) is 7.12. The molecule has 1 atom stereocenters. The number of likely N-dealkylation sites (N-methyl/N-ethyl adjacent to an activating group) is 1. The van der Waals surface area contributed by atoms with Crippen molar-refractivity contribution >= 4 is 11.6 Å². The highest BCUT2D eigenvalue weighted by molar-refractivity contribution is 5.88. The molecule has 1 saturated heterocycles. The van der Waals surface area contributed by atoms with E-state index < -0.39 is 5.79 Å². The zero-order valence-electron chi connectivity index (χ0n) is 12.0. The number of aliphatic hydroxyl groups is 1. The monoisotopic (exact) mass is 344 g/mol. The van der Waals surface area contributed by atoms with Crippen LogP contribution in [0.2, 0.25) is 0 Å². The number of hydrogen-bond acceptors (Lipinski definition) is 3. The molecule has 1 aromatic rings. The second-order valence-electron chi connectivity index (χ2n) is 5.71. The fourth-order valence-electron chi connectivity index (χ4n) is 2.36. The van der Waals surface area contributed by atoms with E-state index in [0.29, 0.717) is 28.9 Å². The second-order valence-corrected chi connectivity index (χ2v) is 5.71. The molecule has 0 radical (unpaired) electrons. The Kier molecular flexibility index (Phi) is 5.32. The minimum atomic E-state index is -1.25. The van der Waals surface area contributed by atoms with Crippen molar-refractivity contribution in [3.05, 3.63) is 29.8 Å². The minimum Gasteiger partial charge on any atom is -1.00 e. The second kappa shape index (κ2) is 6.22. The third-order valence-electron chi connectivity index (χ3n) is 3.34. The Morgan fingerprint density at radius 1 is 1.35 bits per heavy atom. The number of carbonyl (C=O) groups is 1. The largest absolute Gasteiger partial charge is 1.00 e. The summed E-state index contributed by atoms with van der Waals surface area (Å²) in [5.74, 6) is -1.37. The molecule has 0 unspecified atom stereocenters. The Hall–Kier alpha value is -0.950. The van der Waals surface area contributed by atoms with Crippen molar-refractivity contribution in [2.45, 2.75) is 12.7 Å². The molecule has 5 nitrogen and oxygen atoms in total. The van der Waals surface area contributed by atoms with Gasteiger partial charge in [0.2, 0.25) is 11.7 Å². The number of hydrogen-bond donors (Lipinski definition) is 2. The van der Waals surface area contributed by atoms with Gasteiger partial charge in [-0.2, -0.15) is 0 Å². The highest BCUT2D eigenvalue weighted by Gasteiger charge is 2.42. The molecular formula is C14H21BrN2O3. The van der Waals surface area contributed by atoms with E-state index in [0.717, 1.165) is 6.54 Å². The quantitative estimate of drug-likeness (QED) is 0.604. The van der Waals surface area contributed by atoms with Crippen molar-refractivity contribution in [1.29, 1.82) is 0 Å². The molecule has 1 amide bonds. The number of halogens is 1. The molecule has 6 heteroatoms. The highest BCUT2D eigenvalue weighted by Crippen LogP contribution is 2.29. The first kappa shape index (κ1) is 17.1. The van der Waals surface area contributed by atoms with Crippen LogP contribution in [0.4, 0.5) is 5.69 Å². The summed E-state index contributed by atoms with van der Waals surface area (Å²) in [6.45, 7) is 3.38. The van der Waals surface area contributed by atoms with Gasteiger partial charge in [-0.3, -0.25) is 4.79 Å². The van der Waals surface area contributed by atoms with Crippen LogP contribution in [-0.4, -0.2) is 49.3 Å². The first-order valence-corrected chi connectivity index (χ1v) is 6.37. The van der Waals surface area contributed by atoms with Crippen LogP contribution < -0.4 is 22.3 Å². The van der Waals surface area contributed by atoms with E-state index in [1.165, 1.54) is 6.92 Å². The maximum absolute atomic E-state index is 11.0. The normalized spacial score (nSPS) is 24.6. The molecular weight excluding hydrogens is 324 g/mol. The van der Waals surface area contributed by atoms with E-state index in [9.17, 15) is 9.90 Å². The molecule has 0 saturated carbocycles. The summed E-state index contributed by atoms with van der Waals surface area (Å²) < 4.78 is 6.27. The number of ether oxygens (including phenoxy) is 1. The molecule has 2 N–H and O–H groups in total. The van der Waals surface area contributed by atoms with Crippen molar-refractivity contribution in [3.8, 4) is 0 Å². The Labute approximate surface area is 129 Å². The average Bonchev–Trinajstić information content (AvgIpc) is 2.27. The molecule has 112 valence electrons. The Bertz CT molecular complexity index is 476. The van der Waals surface area contributed by atoms with E-state index in [1.54, 1.807) is 24.3 Å². The first-order chi connectivity index (χ1) is 8.81. The lowest BCUT2D eigenvalue weighted by Gasteiger charge is -2.42. The van der Waals surface area contributed by atoms with Gasteiger partial charge in [0.15, 0.2) is 0 Å². The molecule has 0 aromatic heterocycles. The Morgan fingerprint density at radius 3 is 2.45 bits per heavy atom. The molecule has 1 fully saturated rings. The number of carbonyl (C=O) groups excluding carboxylic acids is 1. The lowest BCUT2D eigenvalue weighted by Crippen LogP contribution is -3.00. The smallest absolute Gasteiger partial charge is 0.243 e. The maximum Gasteiger partial charge on any atom is 0.243 e. The summed E-state index contributed by atoms with van der Waals surface area (Å²) in [5.41, 5.74) is 1.43. The molecule has 20 heavy (non-hydrogen) atoms. The predicted molar refractivity (Wildman–Crippen MR) is 72.4 cm³/mol. The number of benzene rings is 1. The predicted octanol–water partition coefficient (Wildman–Crippen LogP) is -2.10. The van der Waals surface area contributed by atoms with Gasteiger partial charge in [-0.1, -0.05) is 12.1 Å². The van der Waals surface area contributed by atoms with Crippen molar-refractivity contribution in [1.82, 2.24) is 0 Å². The van der Waals surface area contributed by atoms with Crippen LogP contribution in [0.5, 0.6) is 0 Å². The van der Waals surface area contributed by atoms with Crippen LogP contribution in [0.1, 0.15) is 12.5 Å². The van der Waals surface area contributed by atoms with Gasteiger partial charge in [0.1, 0.15) is 13.1 Å². The van der Waals surface area contributed by atoms with Gasteiger partial charge < -0.3 is 36.6 Å². The average molecular weight is 345 g/mol. The third-order valence-corrected chi connectivity index (χ3v) is 3.34. The number of nitrogens with one attached hydrogen (secondary N) is 1. The minimum absolute atomic E-state index is 0. The van der Waals surface area contributed by atoms with Crippen LogP contribution in [0.25, 0.3) is 0 Å². The standard InChI is InChI=1S/C14H20N2O3.BrH/c1-11(17)15-13-6-4-12(5-7-13)14(18)10-16(2,3)8-9-19-14;/h4-7,18H,8-10H2,1-3H3;1H/t14-;/m1./s1. The van der Waals surface area contributed by atoms with Crippen molar-refractivity contribution in [2.75, 3.05) is 39.1 Å². The summed E-state index contributed by atoms with van der Waals surface area (Å²) in [5, 5.41) is 13.3. The summed E-state index contributed by atoms with van der Waals surface area (Å²) in [6.07, 6.45) is 0. The van der Waals surface area contributed by atoms with Crippen molar-refractivity contribution < 1.29 is 36.1 Å². The van der Waals surface area contributed by atoms with Gasteiger partial charge in [0.25, 0.3) is 0 Å². The molecule has 0 spiro atoms. The highest BCUT2D eigenvalue weighted by atomic mass is 79.9. The fraction of sp³-hybridized carbons (Fsp3) is 0.500. The lowest BCUT2D eigenvalue weighted by atomic mass is 10.0. The van der Waals surface area contributed by atoms with Gasteiger partial charge >= 0.3 is 0 Å². The molecule has 1 heterocycles. The fourth-order valence-corrected chi connectivity index (χ4v) is 2.36. The number of quaternary nitrogens is 1. The lowest BCUT2D eigenvalue weighted by molar-refractivity contribution is -0.912. The van der Waals surface area contributed by atoms with Crippen LogP contribution in [0.15, 0.2) is 24.3 Å². The first-order valence-electron chi connectivity index (χ1n) is 6.37. The number of amides is 1. The molecule has 0 aliphatic carbocycles. The van der Waals surface area contributed by atoms with Crippen molar-refractivity contribution in [2.24, 2.45) is 0 Å². The molecule has 1 aromatic carbocycles. The molecule has 1 aliphatic rings. The van der Waals surface area contributed by atoms with E-state index >= 15 is 0 Å². The number of nitrogens with zero attached hydrogens (tertiary/aromatic N) is 1. The summed E-state index contributed by atoms with van der Waals surface area (Å²) in [7, 11) is 4.14. The van der Waals surface area contributed by atoms with E-state index in [1.807, 2.05) is 0 Å². The van der Waals surface area contributed by atoms with Gasteiger partial charge in [-0.25, -0.2) is 0 Å². The van der Waals surface area contributed by atoms with Crippen LogP contribution >= 0.6 is 0 Å². The molecule has 2 rings (SSSR count). The molecule has 1 aliphatic heterocycles. The SMILES string of the molecule is CC(=O)Nc1ccc([C@@]2(O)C[N+](C)(C)CCO2)cc1.[Br-]. The Morgan fingerprint density at radius 2 is 1.95 bits per heavy atom. The number of anilines is 1. The number of rotatable bonds is 2. The van der Waals surface area contributed by atoms with Crippen molar-refractivity contribution in [3.63, 3.8) is 0 Å². The topological polar surface area (TPSA) is 58.6 Å². The van der Waals surface area contributed by atoms with E-state index in [-0.39, 0.29) is 22.9 Å². The van der Waals surface area contributed by atoms with Gasteiger partial charge in [0, 0.05) is 18.2 Å². The number of morpholine rings is 1. The van der Waals surface area contributed by atoms with Gasteiger partial charge in [-0.15, -0.1) is 0 Å². The van der Waals surface area contributed by atoms with Crippen LogP contribution in [-0.2, 0) is 15.3 Å². The zero-order valence-corrected chi connectivity index (χ0v) is 13.6. The summed E-state index contributed by atoms with van der Waals surface area (Å²) in [4.78, 5) is 11.0. The Balaban J connectivity index is 0.00000200.